The van der Waals surface area contributed by atoms with Gasteiger partial charge in [-0.05, 0) is 34.1 Å². The van der Waals surface area contributed by atoms with Crippen LogP contribution in [0.5, 0.6) is 0 Å². The first-order valence-electron chi connectivity index (χ1n) is 19.1. The van der Waals surface area contributed by atoms with Crippen LogP contribution in [-0.4, -0.2) is 130 Å². The van der Waals surface area contributed by atoms with Gasteiger partial charge < -0.3 is 42.3 Å². The second-order valence-corrected chi connectivity index (χ2v) is 12.9. The molecule has 0 aliphatic rings. The van der Waals surface area contributed by atoms with Crippen molar-refractivity contribution in [2.75, 3.05) is 66.5 Å². The maximum absolute atomic E-state index is 12.1. The Labute approximate surface area is 400 Å². The van der Waals surface area contributed by atoms with E-state index >= 15 is 0 Å². The minimum Gasteiger partial charge on any atom is -0.467 e. The quantitative estimate of drug-likeness (QED) is 0.0361. The third kappa shape index (κ3) is 27.7. The smallest absolute Gasteiger partial charge is 0.373 e. The standard InChI is InChI=1S/C14H20ClNO5.C10H11ClO4.C9H14ClNO3.C6H9ClO3.2CO2/c1-5-10-12(15)13(17)9(14(18)21-6-2)7-16(10)8-11(19-3)20-4;1-3-7-8(11)9(12)6(5-15-7)10(13)14-4-2;1-4-14-9(13)7(6-11(2)3)8(12)5-10;1-2-10-6(9)3-5(8)4-7;2*2-1-3/h7,11H,5-6,8H2,1-4H3;5H,3-4H2,1-2H3;6H,4-5H2,1-3H3;2-4H2,1H3;;/b;;7-6-;;;. The molecule has 0 fully saturated rings. The number of hydrogen-bond donors (Lipinski definition) is 0. The molecule has 2 heterocycles. The Morgan fingerprint density at radius 1 is 0.727 bits per heavy atom. The predicted octanol–water partition coefficient (Wildman–Crippen LogP) is 4.28. The molecule has 0 amide bonds. The molecular weight excluding hydrogens is 966 g/mol. The van der Waals surface area contributed by atoms with Crippen LogP contribution in [0.25, 0.3) is 0 Å². The lowest BCUT2D eigenvalue weighted by molar-refractivity contribution is -0.193. The first kappa shape index (κ1) is 67.1. The zero-order valence-corrected chi connectivity index (χ0v) is 41.1. The van der Waals surface area contributed by atoms with E-state index in [-0.39, 0.29) is 82.8 Å². The largest absolute Gasteiger partial charge is 0.467 e. The molecule has 0 N–H and O–H groups in total. The normalized spacial score (nSPS) is 9.71. The van der Waals surface area contributed by atoms with E-state index < -0.39 is 46.8 Å². The topological polar surface area (TPSA) is 282 Å². The summed E-state index contributed by atoms with van der Waals surface area (Å²) in [6.07, 6.45) is 4.75. The number of nitrogens with zero attached hydrogens (tertiary/aromatic N) is 2. The van der Waals surface area contributed by atoms with Crippen molar-refractivity contribution in [2.24, 2.45) is 0 Å². The number of ether oxygens (including phenoxy) is 6. The fourth-order valence-corrected chi connectivity index (χ4v) is 5.08. The van der Waals surface area contributed by atoms with Gasteiger partial charge in [-0.1, -0.05) is 37.0 Å². The molecule has 370 valence electrons. The van der Waals surface area contributed by atoms with Crippen molar-refractivity contribution < 1.29 is 80.8 Å². The summed E-state index contributed by atoms with van der Waals surface area (Å²) < 4.78 is 35.8. The Hall–Kier alpha value is -5.50. The van der Waals surface area contributed by atoms with Crippen LogP contribution in [0.1, 0.15) is 80.1 Å². The highest BCUT2D eigenvalue weighted by atomic mass is 35.5. The Balaban J connectivity index is -0.000000383. The zero-order valence-electron chi connectivity index (χ0n) is 38.0. The van der Waals surface area contributed by atoms with Gasteiger partial charge in [-0.3, -0.25) is 24.0 Å². The molecule has 0 saturated heterocycles. The highest BCUT2D eigenvalue weighted by molar-refractivity contribution is 6.34. The second kappa shape index (κ2) is 41.0. The number of carbonyl (C=O) groups is 6. The van der Waals surface area contributed by atoms with Crippen LogP contribution in [0.4, 0.5) is 0 Å². The van der Waals surface area contributed by atoms with Gasteiger partial charge in [0.15, 0.2) is 17.9 Å². The van der Waals surface area contributed by atoms with Crippen molar-refractivity contribution in [1.29, 1.82) is 0 Å². The van der Waals surface area contributed by atoms with Gasteiger partial charge in [0.25, 0.3) is 0 Å². The average molecular weight is 1020 g/mol. The van der Waals surface area contributed by atoms with E-state index in [0.29, 0.717) is 37.4 Å². The summed E-state index contributed by atoms with van der Waals surface area (Å²) >= 11 is 22.3. The number of Topliss-reactive ketones (excluding diaryl/α,β-unsaturated/α-hetero) is 2. The van der Waals surface area contributed by atoms with Crippen LogP contribution in [0.15, 0.2) is 38.2 Å². The van der Waals surface area contributed by atoms with Gasteiger partial charge >= 0.3 is 36.2 Å². The molecule has 21 nitrogen and oxygen atoms in total. The van der Waals surface area contributed by atoms with Gasteiger partial charge in [0.05, 0.1) is 44.7 Å². The van der Waals surface area contributed by atoms with Gasteiger partial charge in [-0.25, -0.2) is 14.4 Å². The molecule has 0 saturated carbocycles. The number of aromatic nitrogens is 1. The Morgan fingerprint density at radius 2 is 1.20 bits per heavy atom. The van der Waals surface area contributed by atoms with Gasteiger partial charge in [-0.15, -0.1) is 23.2 Å². The van der Waals surface area contributed by atoms with Crippen LogP contribution < -0.4 is 10.9 Å². The summed E-state index contributed by atoms with van der Waals surface area (Å²) in [6.45, 7) is 11.6. The average Bonchev–Trinajstić information content (AvgIpc) is 3.27. The van der Waals surface area contributed by atoms with Crippen molar-refractivity contribution in [1.82, 2.24) is 9.47 Å². The summed E-state index contributed by atoms with van der Waals surface area (Å²) in [5.74, 6) is -3.26. The molecule has 0 bridgehead atoms. The summed E-state index contributed by atoms with van der Waals surface area (Å²) in [7, 11) is 6.44. The van der Waals surface area contributed by atoms with E-state index in [4.69, 9.17) is 88.9 Å². The third-order valence-electron chi connectivity index (χ3n) is 6.96. The Kier molecular flexibility index (Phi) is 41.6. The molecule has 25 heteroatoms. The van der Waals surface area contributed by atoms with Crippen molar-refractivity contribution in [3.63, 3.8) is 0 Å². The molecule has 2 rings (SSSR count). The number of halogens is 4. The van der Waals surface area contributed by atoms with Gasteiger partial charge in [0, 0.05) is 52.8 Å². The van der Waals surface area contributed by atoms with Crippen LogP contribution >= 0.6 is 46.4 Å². The lowest BCUT2D eigenvalue weighted by Gasteiger charge is -2.20. The maximum Gasteiger partial charge on any atom is 0.373 e. The van der Waals surface area contributed by atoms with Crippen LogP contribution in [-0.2, 0) is 86.2 Å². The summed E-state index contributed by atoms with van der Waals surface area (Å²) in [4.78, 5) is 124. The van der Waals surface area contributed by atoms with E-state index in [9.17, 15) is 38.4 Å². The molecule has 0 aromatic carbocycles. The van der Waals surface area contributed by atoms with Gasteiger partial charge in [0.1, 0.15) is 45.2 Å². The first-order chi connectivity index (χ1) is 31.2. The van der Waals surface area contributed by atoms with Crippen LogP contribution in [0.2, 0.25) is 10.0 Å². The van der Waals surface area contributed by atoms with Crippen LogP contribution in [0, 0.1) is 0 Å². The molecular formula is C41H54Cl4N2O19. The van der Waals surface area contributed by atoms with Crippen molar-refractivity contribution >= 4 is 94.2 Å². The Morgan fingerprint density at radius 3 is 1.59 bits per heavy atom. The molecule has 0 aliphatic carbocycles. The van der Waals surface area contributed by atoms with Gasteiger partial charge in [-0.2, -0.15) is 19.2 Å². The number of hydrogen-bond acceptors (Lipinski definition) is 20. The van der Waals surface area contributed by atoms with Crippen LogP contribution in [0.3, 0.4) is 0 Å². The number of alkyl halides is 2. The number of aryl methyl sites for hydroxylation is 1. The Bertz CT molecular complexity index is 2040. The van der Waals surface area contributed by atoms with E-state index in [1.807, 2.05) is 6.92 Å². The summed E-state index contributed by atoms with van der Waals surface area (Å²) in [6, 6.07) is 0. The fraction of sp³-hybridized carbons (Fsp3) is 0.512. The first-order valence-corrected chi connectivity index (χ1v) is 21.0. The van der Waals surface area contributed by atoms with E-state index in [1.54, 1.807) is 58.2 Å². The SMILES string of the molecule is CCOC(=O)/C(=C\N(C)C)C(=O)CCl.CCOC(=O)CC(=O)CCl.CCOC(=O)c1cn(CC(OC)OC)c(CC)c(Cl)c1=O.CCOC(=O)c1coc(CC)c(Cl)c1=O.O=C=O.O=C=O. The lowest BCUT2D eigenvalue weighted by Crippen LogP contribution is -2.27. The molecule has 2 aromatic heterocycles. The summed E-state index contributed by atoms with van der Waals surface area (Å²) in [5.41, 5.74) is -0.725. The highest BCUT2D eigenvalue weighted by Gasteiger charge is 2.21. The minimum atomic E-state index is -0.712. The molecule has 2 aromatic rings. The van der Waals surface area contributed by atoms with E-state index in [1.165, 1.54) is 26.6 Å². The van der Waals surface area contributed by atoms with Crippen molar-refractivity contribution in [3.8, 4) is 0 Å². The lowest BCUT2D eigenvalue weighted by atomic mass is 10.2. The second-order valence-electron chi connectivity index (χ2n) is 11.7. The molecule has 0 spiro atoms. The fourth-order valence-electron chi connectivity index (χ4n) is 4.22. The molecule has 0 aliphatic heterocycles. The zero-order chi connectivity index (χ0) is 51.9. The van der Waals surface area contributed by atoms with Crippen molar-refractivity contribution in [2.45, 2.75) is 73.6 Å². The number of ketones is 2. The highest BCUT2D eigenvalue weighted by Crippen LogP contribution is 2.16. The monoisotopic (exact) mass is 1020 g/mol. The minimum absolute atomic E-state index is 0.0214. The number of methoxy groups -OCH3 is 2. The molecule has 66 heavy (non-hydrogen) atoms. The predicted molar refractivity (Wildman–Crippen MR) is 235 cm³/mol. The number of rotatable bonds is 19. The van der Waals surface area contributed by atoms with E-state index in [2.05, 4.69) is 9.47 Å². The van der Waals surface area contributed by atoms with E-state index in [0.717, 1.165) is 6.26 Å². The molecule has 0 unspecified atom stereocenters. The van der Waals surface area contributed by atoms with Crippen molar-refractivity contribution in [3.05, 3.63) is 77.3 Å². The molecule has 0 atom stereocenters. The number of pyridine rings is 1. The third-order valence-corrected chi connectivity index (χ3v) is 8.27. The number of esters is 4. The molecule has 0 radical (unpaired) electrons. The maximum atomic E-state index is 12.1. The van der Waals surface area contributed by atoms with Gasteiger partial charge in [0.2, 0.25) is 10.9 Å². The summed E-state index contributed by atoms with van der Waals surface area (Å²) in [5, 5.41) is -0.0305. The number of carbonyl (C=O) groups excluding carboxylic acids is 10.